The van der Waals surface area contributed by atoms with Crippen LogP contribution in [0.4, 0.5) is 21.0 Å². The van der Waals surface area contributed by atoms with Crippen LogP contribution >= 0.6 is 0 Å². The number of carbonyl (C=O) groups is 4. The van der Waals surface area contributed by atoms with E-state index < -0.39 is 23.9 Å². The SMILES string of the molecule is CCNC(=O)N(c1ccc(Oc2ccnc3cc(OC)c(C(N)=O)cc23)cc1C)N(C(=O)Oc1ccccc1)c1ccc(Oc2ccnc3cc(OC)c(C(N)=O)cc23)cc1C. The van der Waals surface area contributed by atoms with Gasteiger partial charge in [0, 0.05) is 41.8 Å². The third-order valence-electron chi connectivity index (χ3n) is 9.67. The van der Waals surface area contributed by atoms with Crippen molar-refractivity contribution in [3.63, 3.8) is 0 Å². The summed E-state index contributed by atoms with van der Waals surface area (Å²) >= 11 is 0. The predicted octanol–water partition coefficient (Wildman–Crippen LogP) is 8.36. The van der Waals surface area contributed by atoms with E-state index in [9.17, 15) is 19.2 Å². The van der Waals surface area contributed by atoms with Crippen LogP contribution in [0, 0.1) is 13.8 Å². The number of hydrazine groups is 1. The number of hydrogen-bond donors (Lipinski definition) is 3. The average molecular weight is 836 g/mol. The Bertz CT molecular complexity index is 2870. The van der Waals surface area contributed by atoms with Gasteiger partial charge in [-0.2, -0.15) is 10.0 Å². The molecule has 0 fully saturated rings. The molecule has 62 heavy (non-hydrogen) atoms. The fraction of sp³-hybridized carbons (Fsp3) is 0.130. The molecule has 0 radical (unpaired) electrons. The van der Waals surface area contributed by atoms with Crippen molar-refractivity contribution >= 4 is 57.1 Å². The molecule has 0 aliphatic heterocycles. The Hall–Kier alpha value is -8.40. The highest BCUT2D eigenvalue weighted by Crippen LogP contribution is 2.38. The van der Waals surface area contributed by atoms with Crippen molar-refractivity contribution in [2.75, 3.05) is 30.8 Å². The van der Waals surface area contributed by atoms with Gasteiger partial charge in [-0.15, -0.1) is 0 Å². The van der Waals surface area contributed by atoms with E-state index in [2.05, 4.69) is 15.3 Å². The number of aryl methyl sites for hydroxylation is 2. The number of nitrogens with one attached hydrogen (secondary N) is 1. The zero-order valence-electron chi connectivity index (χ0n) is 34.3. The van der Waals surface area contributed by atoms with Gasteiger partial charge in [0.25, 0.3) is 11.8 Å². The minimum absolute atomic E-state index is 0.156. The van der Waals surface area contributed by atoms with Gasteiger partial charge in [0.05, 0.1) is 47.8 Å². The van der Waals surface area contributed by atoms with E-state index in [4.69, 9.17) is 35.2 Å². The molecule has 0 atom stereocenters. The zero-order valence-corrected chi connectivity index (χ0v) is 34.3. The number of urea groups is 1. The molecule has 0 saturated carbocycles. The highest BCUT2D eigenvalue weighted by molar-refractivity contribution is 6.06. The summed E-state index contributed by atoms with van der Waals surface area (Å²) in [5, 5.41) is 6.17. The van der Waals surface area contributed by atoms with Crippen LogP contribution in [0.3, 0.4) is 0 Å². The molecule has 16 nitrogen and oxygen atoms in total. The van der Waals surface area contributed by atoms with Crippen molar-refractivity contribution in [3.8, 4) is 40.2 Å². The van der Waals surface area contributed by atoms with Gasteiger partial charge >= 0.3 is 12.1 Å². The second-order valence-corrected chi connectivity index (χ2v) is 13.7. The summed E-state index contributed by atoms with van der Waals surface area (Å²) in [5.41, 5.74) is 14.3. The van der Waals surface area contributed by atoms with E-state index in [1.165, 1.54) is 19.2 Å². The molecular weight excluding hydrogens is 795 g/mol. The van der Waals surface area contributed by atoms with Gasteiger partial charge in [-0.3, -0.25) is 19.6 Å². The largest absolute Gasteiger partial charge is 0.496 e. The van der Waals surface area contributed by atoms with Gasteiger partial charge in [0.15, 0.2) is 0 Å². The summed E-state index contributed by atoms with van der Waals surface area (Å²) < 4.78 is 29.2. The number of pyridine rings is 2. The highest BCUT2D eigenvalue weighted by Gasteiger charge is 2.33. The Kier molecular flexibility index (Phi) is 12.0. The van der Waals surface area contributed by atoms with Crippen LogP contribution in [0.2, 0.25) is 0 Å². The molecule has 16 heteroatoms. The molecule has 0 aliphatic rings. The van der Waals surface area contributed by atoms with Gasteiger partial charge in [-0.1, -0.05) is 18.2 Å². The number of anilines is 2. The number of hydrogen-bond acceptors (Lipinski definition) is 11. The van der Waals surface area contributed by atoms with Gasteiger partial charge in [0.1, 0.15) is 40.2 Å². The number of carbonyl (C=O) groups excluding carboxylic acids is 4. The Morgan fingerprint density at radius 2 is 1.08 bits per heavy atom. The number of benzene rings is 5. The van der Waals surface area contributed by atoms with Crippen molar-refractivity contribution in [1.82, 2.24) is 15.3 Å². The predicted molar refractivity (Wildman–Crippen MR) is 233 cm³/mol. The van der Waals surface area contributed by atoms with Crippen molar-refractivity contribution in [2.24, 2.45) is 11.5 Å². The van der Waals surface area contributed by atoms with Gasteiger partial charge in [-0.25, -0.2) is 9.59 Å². The standard InChI is InChI=1S/C46H41N7O9/c1-6-49-45(56)52(37-14-12-29(20-26(37)2)60-39-16-18-50-35-24-41(58-4)33(43(47)54)22-31(35)39)53(46(57)62-28-10-8-7-9-11-28)38-15-13-30(21-27(38)3)61-40-17-19-51-36-25-42(59-5)34(44(48)55)23-32(36)40/h7-25H,6H2,1-5H3,(H2,47,54)(H2,48,55)(H,49,56). The Balaban J connectivity index is 1.28. The molecule has 5 aromatic carbocycles. The number of nitrogens with two attached hydrogens (primary N) is 2. The molecule has 2 aromatic heterocycles. The van der Waals surface area contributed by atoms with Crippen molar-refractivity contribution < 1.29 is 42.9 Å². The van der Waals surface area contributed by atoms with E-state index >= 15 is 0 Å². The topological polar surface area (TPSA) is 211 Å². The van der Waals surface area contributed by atoms with Crippen LogP contribution in [-0.2, 0) is 0 Å². The summed E-state index contributed by atoms with van der Waals surface area (Å²) in [4.78, 5) is 61.9. The number of fused-ring (bicyclic) bond motifs is 2. The van der Waals surface area contributed by atoms with Crippen LogP contribution in [0.25, 0.3) is 21.8 Å². The van der Waals surface area contributed by atoms with E-state index in [0.717, 1.165) is 5.01 Å². The molecule has 314 valence electrons. The number of methoxy groups -OCH3 is 2. The third kappa shape index (κ3) is 8.51. The minimum Gasteiger partial charge on any atom is -0.496 e. The number of aromatic nitrogens is 2. The first-order valence-corrected chi connectivity index (χ1v) is 19.2. The lowest BCUT2D eigenvalue weighted by molar-refractivity contribution is 0.0989. The lowest BCUT2D eigenvalue weighted by atomic mass is 10.1. The lowest BCUT2D eigenvalue weighted by Gasteiger charge is -2.35. The summed E-state index contributed by atoms with van der Waals surface area (Å²) in [7, 11) is 2.87. The first-order chi connectivity index (χ1) is 29.9. The fourth-order valence-corrected chi connectivity index (χ4v) is 6.76. The second-order valence-electron chi connectivity index (χ2n) is 13.7. The van der Waals surface area contributed by atoms with Crippen LogP contribution in [-0.4, -0.2) is 54.7 Å². The van der Waals surface area contributed by atoms with E-state index in [-0.39, 0.29) is 40.6 Å². The van der Waals surface area contributed by atoms with E-state index in [1.807, 2.05) is 0 Å². The van der Waals surface area contributed by atoms with Gasteiger partial charge in [0.2, 0.25) is 0 Å². The maximum atomic E-state index is 14.4. The number of nitrogens with zero attached hydrogens (tertiary/aromatic N) is 4. The summed E-state index contributed by atoms with van der Waals surface area (Å²) in [6, 6.07) is 27.4. The van der Waals surface area contributed by atoms with Gasteiger partial charge in [-0.05, 0) is 105 Å². The molecule has 0 unspecified atom stereocenters. The number of ether oxygens (including phenoxy) is 5. The Morgan fingerprint density at radius 3 is 1.52 bits per heavy atom. The summed E-state index contributed by atoms with van der Waals surface area (Å²) in [6.07, 6.45) is 2.23. The molecule has 5 N–H and O–H groups in total. The summed E-state index contributed by atoms with van der Waals surface area (Å²) in [6.45, 7) is 5.51. The number of amides is 5. The highest BCUT2D eigenvalue weighted by atomic mass is 16.6. The van der Waals surface area contributed by atoms with Crippen LogP contribution in [0.15, 0.2) is 116 Å². The molecule has 7 rings (SSSR count). The molecule has 2 heterocycles. The summed E-state index contributed by atoms with van der Waals surface area (Å²) in [5.74, 6) is 0.946. The maximum Gasteiger partial charge on any atom is 0.439 e. The number of rotatable bonds is 12. The lowest BCUT2D eigenvalue weighted by Crippen LogP contribution is -2.55. The monoisotopic (exact) mass is 835 g/mol. The first-order valence-electron chi connectivity index (χ1n) is 19.2. The molecular formula is C46H41N7O9. The number of primary amides is 2. The molecule has 0 bridgehead atoms. The molecule has 7 aromatic rings. The third-order valence-corrected chi connectivity index (χ3v) is 9.67. The fourth-order valence-electron chi connectivity index (χ4n) is 6.76. The van der Waals surface area contributed by atoms with Crippen LogP contribution in [0.1, 0.15) is 38.8 Å². The smallest absolute Gasteiger partial charge is 0.439 e. The molecule has 0 spiro atoms. The maximum absolute atomic E-state index is 14.4. The molecule has 0 aliphatic carbocycles. The van der Waals surface area contributed by atoms with E-state index in [0.29, 0.717) is 61.6 Å². The van der Waals surface area contributed by atoms with Crippen molar-refractivity contribution in [1.29, 1.82) is 0 Å². The minimum atomic E-state index is -0.893. The van der Waals surface area contributed by atoms with E-state index in [1.54, 1.807) is 136 Å². The molecule has 0 saturated heterocycles. The van der Waals surface area contributed by atoms with Crippen LogP contribution in [0.5, 0.6) is 40.2 Å². The second kappa shape index (κ2) is 17.8. The quantitative estimate of drug-likeness (QED) is 0.0996. The normalized spacial score (nSPS) is 10.8. The van der Waals surface area contributed by atoms with Crippen molar-refractivity contribution in [3.05, 3.63) is 138 Å². The van der Waals surface area contributed by atoms with Crippen molar-refractivity contribution in [2.45, 2.75) is 20.8 Å². The van der Waals surface area contributed by atoms with Crippen LogP contribution < -0.4 is 50.5 Å². The first kappa shape index (κ1) is 41.7. The van der Waals surface area contributed by atoms with Gasteiger partial charge < -0.3 is 40.5 Å². The Morgan fingerprint density at radius 1 is 0.597 bits per heavy atom. The number of para-hydroxylation sites is 1. The molecule has 5 amide bonds. The average Bonchev–Trinajstić information content (AvgIpc) is 3.25. The zero-order chi connectivity index (χ0) is 44.1. The Labute approximate surface area is 355 Å².